The van der Waals surface area contributed by atoms with E-state index in [0.717, 1.165) is 27.6 Å². The van der Waals surface area contributed by atoms with Crippen molar-refractivity contribution in [3.8, 4) is 9.88 Å². The van der Waals surface area contributed by atoms with E-state index < -0.39 is 10.0 Å². The molecule has 0 radical (unpaired) electrons. The Hall–Kier alpha value is -1.25. The fraction of sp³-hybridized carbons (Fsp3) is 0.188. The Kier molecular flexibility index (Phi) is 5.36. The number of rotatable bonds is 6. The summed E-state index contributed by atoms with van der Waals surface area (Å²) in [5.41, 5.74) is 1.88. The second kappa shape index (κ2) is 7.33. The lowest BCUT2D eigenvalue weighted by Gasteiger charge is -2.05. The van der Waals surface area contributed by atoms with Crippen LogP contribution in [0.25, 0.3) is 9.88 Å². The van der Waals surface area contributed by atoms with Crippen LogP contribution in [0.2, 0.25) is 5.02 Å². The molecule has 8 heteroatoms. The molecular formula is C16H15ClN2O2S3. The van der Waals surface area contributed by atoms with Crippen molar-refractivity contribution in [2.45, 2.75) is 24.1 Å². The Morgan fingerprint density at radius 2 is 1.92 bits per heavy atom. The second-order valence-corrected chi connectivity index (χ2v) is 9.44. The van der Waals surface area contributed by atoms with E-state index in [9.17, 15) is 8.42 Å². The molecule has 3 aromatic rings. The zero-order chi connectivity index (χ0) is 17.2. The van der Waals surface area contributed by atoms with Crippen LogP contribution in [0.3, 0.4) is 0 Å². The number of aromatic nitrogens is 1. The number of nitrogens with zero attached hydrogens (tertiary/aromatic N) is 1. The molecule has 24 heavy (non-hydrogen) atoms. The van der Waals surface area contributed by atoms with Gasteiger partial charge in [0.2, 0.25) is 10.0 Å². The fourth-order valence-electron chi connectivity index (χ4n) is 2.01. The van der Waals surface area contributed by atoms with Gasteiger partial charge >= 0.3 is 0 Å². The predicted molar refractivity (Wildman–Crippen MR) is 100 cm³/mol. The standard InChI is InChI=1S/C16H15ClN2O2S3/c1-2-13-10-22-16(19-13)14-7-8-15(23-14)24(20,21)18-9-11-3-5-12(17)6-4-11/h3-8,10,18H,2,9H2,1H3. The molecule has 0 aliphatic carbocycles. The molecule has 0 atom stereocenters. The molecule has 3 rings (SSSR count). The van der Waals surface area contributed by atoms with Crippen molar-refractivity contribution in [3.63, 3.8) is 0 Å². The SMILES string of the molecule is CCc1csc(-c2ccc(S(=O)(=O)NCc3ccc(Cl)cc3)s2)n1. The molecule has 1 N–H and O–H groups in total. The molecule has 0 spiro atoms. The van der Waals surface area contributed by atoms with Crippen LogP contribution in [0.1, 0.15) is 18.2 Å². The Morgan fingerprint density at radius 1 is 1.17 bits per heavy atom. The van der Waals surface area contributed by atoms with Crippen LogP contribution >= 0.6 is 34.3 Å². The minimum absolute atomic E-state index is 0.226. The Bertz CT molecular complexity index is 930. The highest BCUT2D eigenvalue weighted by Crippen LogP contribution is 2.32. The van der Waals surface area contributed by atoms with Gasteiger partial charge in [0.05, 0.1) is 10.6 Å². The Morgan fingerprint density at radius 3 is 2.58 bits per heavy atom. The summed E-state index contributed by atoms with van der Waals surface area (Å²) in [6, 6.07) is 10.5. The van der Waals surface area contributed by atoms with E-state index in [1.807, 2.05) is 12.3 Å². The average molecular weight is 399 g/mol. The summed E-state index contributed by atoms with van der Waals surface area (Å²) >= 11 is 8.59. The topological polar surface area (TPSA) is 59.1 Å². The van der Waals surface area contributed by atoms with Crippen molar-refractivity contribution in [2.24, 2.45) is 0 Å². The average Bonchev–Trinajstić information content (AvgIpc) is 3.23. The molecule has 0 saturated carbocycles. The van der Waals surface area contributed by atoms with Crippen molar-refractivity contribution in [1.82, 2.24) is 9.71 Å². The van der Waals surface area contributed by atoms with Gasteiger partial charge in [0, 0.05) is 16.9 Å². The van der Waals surface area contributed by atoms with Crippen molar-refractivity contribution >= 4 is 44.3 Å². The molecule has 126 valence electrons. The van der Waals surface area contributed by atoms with Crippen molar-refractivity contribution < 1.29 is 8.42 Å². The Labute approximate surface area is 154 Å². The zero-order valence-electron chi connectivity index (χ0n) is 12.8. The van der Waals surface area contributed by atoms with Gasteiger partial charge in [0.15, 0.2) is 0 Å². The number of hydrogen-bond acceptors (Lipinski definition) is 5. The van der Waals surface area contributed by atoms with Crippen LogP contribution in [0, 0.1) is 0 Å². The highest BCUT2D eigenvalue weighted by Gasteiger charge is 2.18. The van der Waals surface area contributed by atoms with Crippen LogP contribution in [0.4, 0.5) is 0 Å². The van der Waals surface area contributed by atoms with Gasteiger partial charge in [0.1, 0.15) is 9.22 Å². The lowest BCUT2D eigenvalue weighted by Crippen LogP contribution is -2.22. The molecule has 0 unspecified atom stereocenters. The van der Waals surface area contributed by atoms with Crippen molar-refractivity contribution in [2.75, 3.05) is 0 Å². The van der Waals surface area contributed by atoms with Gasteiger partial charge < -0.3 is 0 Å². The normalized spacial score (nSPS) is 11.8. The highest BCUT2D eigenvalue weighted by molar-refractivity contribution is 7.91. The van der Waals surface area contributed by atoms with E-state index in [0.29, 0.717) is 9.23 Å². The highest BCUT2D eigenvalue weighted by atomic mass is 35.5. The summed E-state index contributed by atoms with van der Waals surface area (Å²) in [7, 11) is -3.54. The smallest absolute Gasteiger partial charge is 0.240 e. The number of thiazole rings is 1. The maximum Gasteiger partial charge on any atom is 0.250 e. The van der Waals surface area contributed by atoms with Gasteiger partial charge in [0.25, 0.3) is 0 Å². The molecule has 0 bridgehead atoms. The van der Waals surface area contributed by atoms with Gasteiger partial charge in [-0.2, -0.15) is 0 Å². The number of hydrogen-bond donors (Lipinski definition) is 1. The first-order chi connectivity index (χ1) is 11.5. The van der Waals surface area contributed by atoms with Gasteiger partial charge in [-0.25, -0.2) is 18.1 Å². The summed E-state index contributed by atoms with van der Waals surface area (Å²) in [4.78, 5) is 5.36. The van der Waals surface area contributed by atoms with E-state index in [1.54, 1.807) is 36.4 Å². The first-order valence-electron chi connectivity index (χ1n) is 7.26. The summed E-state index contributed by atoms with van der Waals surface area (Å²) in [6.45, 7) is 2.27. The maximum absolute atomic E-state index is 12.4. The van der Waals surface area contributed by atoms with E-state index in [1.165, 1.54) is 22.7 Å². The third-order valence-electron chi connectivity index (χ3n) is 3.35. The third-order valence-corrected chi connectivity index (χ3v) is 7.64. The Balaban J connectivity index is 1.74. The van der Waals surface area contributed by atoms with E-state index >= 15 is 0 Å². The molecule has 0 fully saturated rings. The lowest BCUT2D eigenvalue weighted by atomic mass is 10.2. The van der Waals surface area contributed by atoms with Crippen LogP contribution in [-0.2, 0) is 23.0 Å². The number of benzene rings is 1. The second-order valence-electron chi connectivity index (χ2n) is 5.07. The van der Waals surface area contributed by atoms with Gasteiger partial charge in [-0.1, -0.05) is 30.7 Å². The van der Waals surface area contributed by atoms with Crippen LogP contribution in [-0.4, -0.2) is 13.4 Å². The number of aryl methyl sites for hydroxylation is 1. The molecule has 0 saturated heterocycles. The van der Waals surface area contributed by atoms with E-state index in [4.69, 9.17) is 11.6 Å². The van der Waals surface area contributed by atoms with E-state index in [-0.39, 0.29) is 6.54 Å². The zero-order valence-corrected chi connectivity index (χ0v) is 16.0. The number of sulfonamides is 1. The lowest BCUT2D eigenvalue weighted by molar-refractivity contribution is 0.583. The molecule has 0 amide bonds. The van der Waals surface area contributed by atoms with E-state index in [2.05, 4.69) is 9.71 Å². The monoisotopic (exact) mass is 398 g/mol. The summed E-state index contributed by atoms with van der Waals surface area (Å²) in [5.74, 6) is 0. The molecule has 0 aliphatic rings. The molecule has 2 heterocycles. The van der Waals surface area contributed by atoms with Crippen molar-refractivity contribution in [3.05, 3.63) is 58.1 Å². The summed E-state index contributed by atoms with van der Waals surface area (Å²) < 4.78 is 27.8. The first kappa shape index (κ1) is 17.6. The maximum atomic E-state index is 12.4. The van der Waals surface area contributed by atoms with Gasteiger partial charge in [-0.15, -0.1) is 22.7 Å². The number of halogens is 1. The molecule has 4 nitrogen and oxygen atoms in total. The molecule has 2 aromatic heterocycles. The minimum Gasteiger partial charge on any atom is -0.240 e. The number of thiophene rings is 1. The third kappa shape index (κ3) is 4.04. The molecular weight excluding hydrogens is 384 g/mol. The van der Waals surface area contributed by atoms with Gasteiger partial charge in [-0.05, 0) is 36.2 Å². The largest absolute Gasteiger partial charge is 0.250 e. The quantitative estimate of drug-likeness (QED) is 0.661. The van der Waals surface area contributed by atoms with Crippen LogP contribution < -0.4 is 4.72 Å². The minimum atomic E-state index is -3.54. The first-order valence-corrected chi connectivity index (χ1v) is 10.8. The molecule has 1 aromatic carbocycles. The number of nitrogens with one attached hydrogen (secondary N) is 1. The van der Waals surface area contributed by atoms with Crippen molar-refractivity contribution in [1.29, 1.82) is 0 Å². The fourth-order valence-corrected chi connectivity index (χ4v) is 5.48. The predicted octanol–water partition coefficient (Wildman–Crippen LogP) is 4.57. The summed E-state index contributed by atoms with van der Waals surface area (Å²) in [5, 5.41) is 3.48. The van der Waals surface area contributed by atoms with Crippen LogP contribution in [0.5, 0.6) is 0 Å². The molecule has 0 aliphatic heterocycles. The summed E-state index contributed by atoms with van der Waals surface area (Å²) in [6.07, 6.45) is 0.871. The van der Waals surface area contributed by atoms with Crippen LogP contribution in [0.15, 0.2) is 46.0 Å². The van der Waals surface area contributed by atoms with Gasteiger partial charge in [-0.3, -0.25) is 0 Å².